The Balaban J connectivity index is 2.72. The maximum atomic E-state index is 12.6. The van der Waals surface area contributed by atoms with Crippen LogP contribution in [0, 0.1) is 13.8 Å². The number of hydrogen-bond acceptors (Lipinski definition) is 7. The highest BCUT2D eigenvalue weighted by Crippen LogP contribution is 2.39. The van der Waals surface area contributed by atoms with Crippen LogP contribution < -0.4 is 10.5 Å². The van der Waals surface area contributed by atoms with Crippen LogP contribution in [0.3, 0.4) is 0 Å². The second-order valence-electron chi connectivity index (χ2n) is 6.13. The van der Waals surface area contributed by atoms with E-state index < -0.39 is 5.97 Å². The van der Waals surface area contributed by atoms with Gasteiger partial charge in [0, 0.05) is 18.7 Å². The molecule has 2 aromatic rings. The number of esters is 1. The highest BCUT2D eigenvalue weighted by Gasteiger charge is 2.26. The third-order valence-corrected chi connectivity index (χ3v) is 4.20. The van der Waals surface area contributed by atoms with Crippen LogP contribution in [0.4, 0.5) is 0 Å². The van der Waals surface area contributed by atoms with E-state index in [9.17, 15) is 4.79 Å². The highest BCUT2D eigenvalue weighted by atomic mass is 16.7. The zero-order valence-electron chi connectivity index (χ0n) is 16.9. The number of ether oxygens (including phenoxy) is 4. The number of carbonyl (C=O) groups excluding carboxylic acids is 1. The van der Waals surface area contributed by atoms with Crippen LogP contribution >= 0.6 is 0 Å². The summed E-state index contributed by atoms with van der Waals surface area (Å²) in [4.78, 5) is 17.2. The number of benzene rings is 1. The molecule has 0 radical (unpaired) electrons. The van der Waals surface area contributed by atoms with Crippen LogP contribution in [0.15, 0.2) is 24.3 Å². The van der Waals surface area contributed by atoms with Crippen molar-refractivity contribution in [3.8, 4) is 16.9 Å². The normalized spacial score (nSPS) is 10.8. The molecule has 0 bridgehead atoms. The van der Waals surface area contributed by atoms with E-state index >= 15 is 0 Å². The van der Waals surface area contributed by atoms with Gasteiger partial charge in [0.25, 0.3) is 0 Å². The summed E-state index contributed by atoms with van der Waals surface area (Å²) in [5, 5.41) is 0. The van der Waals surface area contributed by atoms with E-state index in [-0.39, 0.29) is 13.4 Å². The number of hydrogen-bond donors (Lipinski definition) is 1. The van der Waals surface area contributed by atoms with Gasteiger partial charge in [-0.2, -0.15) is 0 Å². The van der Waals surface area contributed by atoms with E-state index in [2.05, 4.69) is 4.98 Å². The number of nitrogens with zero attached hydrogens (tertiary/aromatic N) is 1. The summed E-state index contributed by atoms with van der Waals surface area (Å²) in [5.41, 5.74) is 9.50. The van der Waals surface area contributed by atoms with E-state index in [4.69, 9.17) is 24.7 Å². The van der Waals surface area contributed by atoms with Gasteiger partial charge in [0.15, 0.2) is 12.5 Å². The molecule has 0 unspecified atom stereocenters. The minimum atomic E-state index is -0.473. The van der Waals surface area contributed by atoms with Crippen molar-refractivity contribution in [2.45, 2.75) is 27.4 Å². The van der Waals surface area contributed by atoms with E-state index in [1.54, 1.807) is 6.92 Å². The average Bonchev–Trinajstić information content (AvgIpc) is 2.69. The standard InChI is InChI=1S/C21H28N2O5/c1-5-26-13-28-20-17(12-27-11-10-22)23-15(3)18(21(24)25-4)19(20)16-9-7-6-8-14(16)2/h6-9H,5,10-13,22H2,1-4H3. The molecule has 0 amide bonds. The van der Waals surface area contributed by atoms with E-state index in [1.165, 1.54) is 7.11 Å². The largest absolute Gasteiger partial charge is 0.465 e. The molecule has 0 saturated heterocycles. The van der Waals surface area contributed by atoms with Gasteiger partial charge in [0.05, 0.1) is 31.6 Å². The number of rotatable bonds is 10. The molecule has 0 aliphatic carbocycles. The first kappa shape index (κ1) is 21.8. The summed E-state index contributed by atoms with van der Waals surface area (Å²) in [6.45, 7) is 7.16. The van der Waals surface area contributed by atoms with Gasteiger partial charge in [-0.15, -0.1) is 0 Å². The van der Waals surface area contributed by atoms with E-state index in [1.807, 2.05) is 38.1 Å². The lowest BCUT2D eigenvalue weighted by atomic mass is 9.93. The summed E-state index contributed by atoms with van der Waals surface area (Å²) in [6.07, 6.45) is 0. The zero-order chi connectivity index (χ0) is 20.5. The van der Waals surface area contributed by atoms with Crippen molar-refractivity contribution < 1.29 is 23.7 Å². The van der Waals surface area contributed by atoms with Crippen molar-refractivity contribution in [3.63, 3.8) is 0 Å². The van der Waals surface area contributed by atoms with E-state index in [0.29, 0.717) is 48.0 Å². The van der Waals surface area contributed by atoms with Gasteiger partial charge in [0.2, 0.25) is 0 Å². The third kappa shape index (κ3) is 5.07. The van der Waals surface area contributed by atoms with Crippen LogP contribution in [-0.4, -0.2) is 44.6 Å². The third-order valence-electron chi connectivity index (χ3n) is 4.20. The van der Waals surface area contributed by atoms with Gasteiger partial charge in [-0.05, 0) is 31.9 Å². The molecule has 0 aliphatic rings. The van der Waals surface area contributed by atoms with Crippen LogP contribution in [0.5, 0.6) is 5.75 Å². The number of carbonyl (C=O) groups is 1. The predicted molar refractivity (Wildman–Crippen MR) is 106 cm³/mol. The summed E-state index contributed by atoms with van der Waals surface area (Å²) >= 11 is 0. The second kappa shape index (κ2) is 10.8. The molecule has 2 rings (SSSR count). The number of nitrogens with two attached hydrogens (primary N) is 1. The molecule has 0 aliphatic heterocycles. The molecule has 0 atom stereocenters. The highest BCUT2D eigenvalue weighted by molar-refractivity contribution is 6.00. The molecule has 1 aromatic heterocycles. The molecule has 1 aromatic carbocycles. The average molecular weight is 388 g/mol. The molecule has 2 N–H and O–H groups in total. The fourth-order valence-electron chi connectivity index (χ4n) is 2.90. The summed E-state index contributed by atoms with van der Waals surface area (Å²) in [6, 6.07) is 7.77. The first-order chi connectivity index (χ1) is 13.5. The lowest BCUT2D eigenvalue weighted by molar-refractivity contribution is 0.0200. The summed E-state index contributed by atoms with van der Waals surface area (Å²) < 4.78 is 21.9. The van der Waals surface area contributed by atoms with Crippen molar-refractivity contribution in [3.05, 3.63) is 46.8 Å². The molecule has 7 heteroatoms. The Labute approximate surface area is 165 Å². The van der Waals surface area contributed by atoms with Crippen molar-refractivity contribution >= 4 is 5.97 Å². The van der Waals surface area contributed by atoms with Crippen molar-refractivity contribution in [2.24, 2.45) is 5.73 Å². The molecule has 1 heterocycles. The molecular weight excluding hydrogens is 360 g/mol. The van der Waals surface area contributed by atoms with Gasteiger partial charge in [-0.3, -0.25) is 4.98 Å². The fraction of sp³-hybridized carbons (Fsp3) is 0.429. The minimum absolute atomic E-state index is 0.0324. The molecular formula is C21H28N2O5. The second-order valence-corrected chi connectivity index (χ2v) is 6.13. The maximum Gasteiger partial charge on any atom is 0.340 e. The Morgan fingerprint density at radius 2 is 1.93 bits per heavy atom. The molecule has 28 heavy (non-hydrogen) atoms. The van der Waals surface area contributed by atoms with Crippen molar-refractivity contribution in [2.75, 3.05) is 33.7 Å². The molecule has 0 fully saturated rings. The Hall–Kier alpha value is -2.48. The van der Waals surface area contributed by atoms with Gasteiger partial charge < -0.3 is 24.7 Å². The molecule has 7 nitrogen and oxygen atoms in total. The molecule has 152 valence electrons. The molecule has 0 spiro atoms. The van der Waals surface area contributed by atoms with Gasteiger partial charge >= 0.3 is 5.97 Å². The predicted octanol–water partition coefficient (Wildman–Crippen LogP) is 3.00. The fourth-order valence-corrected chi connectivity index (χ4v) is 2.90. The number of pyridine rings is 1. The smallest absolute Gasteiger partial charge is 0.340 e. The number of aromatic nitrogens is 1. The lowest BCUT2D eigenvalue weighted by Crippen LogP contribution is -2.16. The summed E-state index contributed by atoms with van der Waals surface area (Å²) in [7, 11) is 1.35. The van der Waals surface area contributed by atoms with Crippen molar-refractivity contribution in [1.29, 1.82) is 0 Å². The quantitative estimate of drug-likeness (QED) is 0.380. The topological polar surface area (TPSA) is 92.9 Å². The Morgan fingerprint density at radius 1 is 1.18 bits per heavy atom. The lowest BCUT2D eigenvalue weighted by Gasteiger charge is -2.21. The number of aryl methyl sites for hydroxylation is 2. The van der Waals surface area contributed by atoms with Gasteiger partial charge in [0.1, 0.15) is 5.69 Å². The van der Waals surface area contributed by atoms with Crippen LogP contribution in [-0.2, 0) is 20.8 Å². The maximum absolute atomic E-state index is 12.6. The summed E-state index contributed by atoms with van der Waals surface area (Å²) in [5.74, 6) is -0.0234. The first-order valence-corrected chi connectivity index (χ1v) is 9.21. The van der Waals surface area contributed by atoms with Gasteiger partial charge in [-0.1, -0.05) is 24.3 Å². The minimum Gasteiger partial charge on any atom is -0.465 e. The Bertz CT molecular complexity index is 808. The van der Waals surface area contributed by atoms with Crippen LogP contribution in [0.25, 0.3) is 11.1 Å². The van der Waals surface area contributed by atoms with Crippen LogP contribution in [0.1, 0.15) is 34.2 Å². The van der Waals surface area contributed by atoms with E-state index in [0.717, 1.165) is 11.1 Å². The van der Waals surface area contributed by atoms with Gasteiger partial charge in [-0.25, -0.2) is 4.79 Å². The first-order valence-electron chi connectivity index (χ1n) is 9.21. The van der Waals surface area contributed by atoms with Crippen LogP contribution in [0.2, 0.25) is 0 Å². The monoisotopic (exact) mass is 388 g/mol. The Morgan fingerprint density at radius 3 is 2.57 bits per heavy atom. The molecule has 0 saturated carbocycles. The number of methoxy groups -OCH3 is 1. The SMILES string of the molecule is CCOCOc1c(COCCN)nc(C)c(C(=O)OC)c1-c1ccccc1C. The Kier molecular flexibility index (Phi) is 8.38. The zero-order valence-corrected chi connectivity index (χ0v) is 16.9. The van der Waals surface area contributed by atoms with Crippen molar-refractivity contribution in [1.82, 2.24) is 4.98 Å².